The minimum absolute atomic E-state index is 0.130. The Hall–Kier alpha value is -3.04. The number of hydrogen-bond donors (Lipinski definition) is 0. The molecular formula is C20H14BrN3O4S. The minimum atomic E-state index is -0.553. The molecule has 4 aromatic rings. The van der Waals surface area contributed by atoms with Crippen molar-refractivity contribution in [3.63, 3.8) is 0 Å². The summed E-state index contributed by atoms with van der Waals surface area (Å²) in [5, 5.41) is 6.29. The summed E-state index contributed by atoms with van der Waals surface area (Å²) in [6, 6.07) is 15.0. The number of nitrogens with zero attached hydrogens (tertiary/aromatic N) is 3. The van der Waals surface area contributed by atoms with E-state index in [-0.39, 0.29) is 18.2 Å². The number of methoxy groups -OCH3 is 1. The maximum atomic E-state index is 12.3. The van der Waals surface area contributed by atoms with E-state index in [0.29, 0.717) is 10.8 Å². The van der Waals surface area contributed by atoms with Gasteiger partial charge in [0.25, 0.3) is 5.89 Å². The fourth-order valence-corrected chi connectivity index (χ4v) is 3.69. The maximum Gasteiger partial charge on any atom is 0.358 e. The Kier molecular flexibility index (Phi) is 5.68. The summed E-state index contributed by atoms with van der Waals surface area (Å²) in [5.74, 6) is 0.835. The Morgan fingerprint density at radius 2 is 1.97 bits per heavy atom. The van der Waals surface area contributed by atoms with Crippen molar-refractivity contribution in [3.8, 4) is 27.7 Å². The summed E-state index contributed by atoms with van der Waals surface area (Å²) in [6.45, 7) is -0.130. The Labute approximate surface area is 178 Å². The van der Waals surface area contributed by atoms with Crippen LogP contribution < -0.4 is 4.74 Å². The highest BCUT2D eigenvalue weighted by atomic mass is 79.9. The smallest absolute Gasteiger partial charge is 0.358 e. The van der Waals surface area contributed by atoms with Gasteiger partial charge in [-0.25, -0.2) is 9.78 Å². The highest BCUT2D eigenvalue weighted by Gasteiger charge is 2.16. The zero-order chi connectivity index (χ0) is 20.2. The van der Waals surface area contributed by atoms with Crippen LogP contribution in [0, 0.1) is 0 Å². The lowest BCUT2D eigenvalue weighted by atomic mass is 10.2. The molecule has 0 aliphatic rings. The Balaban J connectivity index is 1.39. The van der Waals surface area contributed by atoms with Gasteiger partial charge < -0.3 is 14.0 Å². The maximum absolute atomic E-state index is 12.3. The molecule has 4 rings (SSSR count). The Morgan fingerprint density at radius 1 is 1.14 bits per heavy atom. The molecule has 0 saturated carbocycles. The van der Waals surface area contributed by atoms with Gasteiger partial charge in [-0.1, -0.05) is 33.2 Å². The number of halogens is 1. The van der Waals surface area contributed by atoms with Crippen LogP contribution in [0.5, 0.6) is 5.75 Å². The number of rotatable bonds is 6. The van der Waals surface area contributed by atoms with Crippen LogP contribution in [0.3, 0.4) is 0 Å². The number of ether oxygens (including phenoxy) is 2. The standard InChI is InChI=1S/C20H14BrN3O4S/c1-26-15-7-5-12(6-8-15)19-22-16(11-29-19)20(25)27-10-17-23-18(24-28-17)13-3-2-4-14(21)9-13/h2-9,11H,10H2,1H3. The van der Waals surface area contributed by atoms with Crippen LogP contribution in [0.4, 0.5) is 0 Å². The highest BCUT2D eigenvalue weighted by molar-refractivity contribution is 9.10. The second kappa shape index (κ2) is 8.54. The molecule has 29 heavy (non-hydrogen) atoms. The van der Waals surface area contributed by atoms with E-state index in [4.69, 9.17) is 14.0 Å². The summed E-state index contributed by atoms with van der Waals surface area (Å²) >= 11 is 4.76. The fourth-order valence-electron chi connectivity index (χ4n) is 2.49. The highest BCUT2D eigenvalue weighted by Crippen LogP contribution is 2.26. The molecule has 0 amide bonds. The van der Waals surface area contributed by atoms with Gasteiger partial charge in [-0.15, -0.1) is 11.3 Å². The lowest BCUT2D eigenvalue weighted by Gasteiger charge is -2.00. The normalized spacial score (nSPS) is 10.7. The van der Waals surface area contributed by atoms with Crippen LogP contribution in [0.1, 0.15) is 16.4 Å². The molecule has 0 unspecified atom stereocenters. The van der Waals surface area contributed by atoms with Crippen molar-refractivity contribution in [2.45, 2.75) is 6.61 Å². The molecule has 0 aliphatic heterocycles. The number of benzene rings is 2. The van der Waals surface area contributed by atoms with Gasteiger partial charge in [-0.2, -0.15) is 4.98 Å². The Bertz CT molecular complexity index is 1140. The number of hydrogen-bond acceptors (Lipinski definition) is 8. The summed E-state index contributed by atoms with van der Waals surface area (Å²) in [5.41, 5.74) is 1.92. The van der Waals surface area contributed by atoms with Crippen molar-refractivity contribution in [1.29, 1.82) is 0 Å². The first-order valence-electron chi connectivity index (χ1n) is 8.48. The molecule has 9 heteroatoms. The number of carbonyl (C=O) groups is 1. The molecule has 2 heterocycles. The monoisotopic (exact) mass is 471 g/mol. The summed E-state index contributed by atoms with van der Waals surface area (Å²) in [7, 11) is 1.61. The molecule has 0 saturated heterocycles. The zero-order valence-electron chi connectivity index (χ0n) is 15.2. The molecule has 0 aliphatic carbocycles. The van der Waals surface area contributed by atoms with E-state index in [1.807, 2.05) is 48.5 Å². The van der Waals surface area contributed by atoms with E-state index in [9.17, 15) is 4.79 Å². The third-order valence-corrected chi connectivity index (χ3v) is 5.31. The van der Waals surface area contributed by atoms with E-state index in [0.717, 1.165) is 21.3 Å². The van der Waals surface area contributed by atoms with Crippen LogP contribution in [-0.4, -0.2) is 28.2 Å². The van der Waals surface area contributed by atoms with Crippen LogP contribution in [-0.2, 0) is 11.3 Å². The van der Waals surface area contributed by atoms with Crippen molar-refractivity contribution in [1.82, 2.24) is 15.1 Å². The molecule has 0 bridgehead atoms. The molecular weight excluding hydrogens is 458 g/mol. The van der Waals surface area contributed by atoms with E-state index < -0.39 is 5.97 Å². The third-order valence-electron chi connectivity index (χ3n) is 3.93. The van der Waals surface area contributed by atoms with Crippen molar-refractivity contribution >= 4 is 33.2 Å². The molecule has 0 radical (unpaired) electrons. The topological polar surface area (TPSA) is 87.3 Å². The van der Waals surface area contributed by atoms with E-state index in [2.05, 4.69) is 31.1 Å². The van der Waals surface area contributed by atoms with Gasteiger partial charge in [0.15, 0.2) is 12.3 Å². The van der Waals surface area contributed by atoms with Gasteiger partial charge >= 0.3 is 5.97 Å². The van der Waals surface area contributed by atoms with Crippen molar-refractivity contribution in [3.05, 3.63) is 70.0 Å². The largest absolute Gasteiger partial charge is 0.497 e. The molecule has 0 spiro atoms. The number of esters is 1. The van der Waals surface area contributed by atoms with E-state index in [1.54, 1.807) is 12.5 Å². The van der Waals surface area contributed by atoms with E-state index in [1.165, 1.54) is 11.3 Å². The second-order valence-electron chi connectivity index (χ2n) is 5.86. The van der Waals surface area contributed by atoms with Crippen LogP contribution in [0.2, 0.25) is 0 Å². The van der Waals surface area contributed by atoms with Gasteiger partial charge in [0.2, 0.25) is 5.82 Å². The first-order valence-corrected chi connectivity index (χ1v) is 10.2. The lowest BCUT2D eigenvalue weighted by molar-refractivity contribution is 0.0424. The van der Waals surface area contributed by atoms with Gasteiger partial charge in [0, 0.05) is 21.0 Å². The summed E-state index contributed by atoms with van der Waals surface area (Å²) in [6.07, 6.45) is 0. The molecule has 2 aromatic heterocycles. The average Bonchev–Trinajstić information content (AvgIpc) is 3.42. The quantitative estimate of drug-likeness (QED) is 0.366. The molecule has 2 aromatic carbocycles. The van der Waals surface area contributed by atoms with Crippen LogP contribution >= 0.6 is 27.3 Å². The molecule has 0 N–H and O–H groups in total. The average molecular weight is 472 g/mol. The minimum Gasteiger partial charge on any atom is -0.497 e. The second-order valence-corrected chi connectivity index (χ2v) is 7.64. The fraction of sp³-hybridized carbons (Fsp3) is 0.100. The van der Waals surface area contributed by atoms with E-state index >= 15 is 0 Å². The number of aromatic nitrogens is 3. The molecule has 7 nitrogen and oxygen atoms in total. The third kappa shape index (κ3) is 4.52. The number of thiazole rings is 1. The molecule has 0 atom stereocenters. The van der Waals surface area contributed by atoms with Crippen molar-refractivity contribution in [2.24, 2.45) is 0 Å². The lowest BCUT2D eigenvalue weighted by Crippen LogP contribution is -2.05. The van der Waals surface area contributed by atoms with Crippen LogP contribution in [0.25, 0.3) is 22.0 Å². The predicted octanol–water partition coefficient (Wildman–Crippen LogP) is 4.99. The molecule has 0 fully saturated rings. The molecule has 146 valence electrons. The van der Waals surface area contributed by atoms with Crippen LogP contribution in [0.15, 0.2) is 62.9 Å². The van der Waals surface area contributed by atoms with Gasteiger partial charge in [-0.05, 0) is 36.4 Å². The van der Waals surface area contributed by atoms with Gasteiger partial charge in [0.1, 0.15) is 10.8 Å². The van der Waals surface area contributed by atoms with Crippen molar-refractivity contribution < 1.29 is 18.8 Å². The van der Waals surface area contributed by atoms with Gasteiger partial charge in [0.05, 0.1) is 7.11 Å². The predicted molar refractivity (Wildman–Crippen MR) is 111 cm³/mol. The van der Waals surface area contributed by atoms with Gasteiger partial charge in [-0.3, -0.25) is 0 Å². The SMILES string of the molecule is COc1ccc(-c2nc(C(=O)OCc3nc(-c4cccc(Br)c4)no3)cs2)cc1. The van der Waals surface area contributed by atoms with Crippen molar-refractivity contribution in [2.75, 3.05) is 7.11 Å². The first kappa shape index (κ1) is 19.3. The zero-order valence-corrected chi connectivity index (χ0v) is 17.6. The first-order chi connectivity index (χ1) is 14.1. The summed E-state index contributed by atoms with van der Waals surface area (Å²) in [4.78, 5) is 20.9. The summed E-state index contributed by atoms with van der Waals surface area (Å²) < 4.78 is 16.5. The number of carbonyl (C=O) groups excluding carboxylic acids is 1. The Morgan fingerprint density at radius 3 is 2.72 bits per heavy atom.